The maximum absolute atomic E-state index is 13.1. The number of halogens is 1. The number of ether oxygens (including phenoxy) is 3. The monoisotopic (exact) mass is 480 g/mol. The minimum Gasteiger partial charge on any atom is -0.327 e. The third-order valence-electron chi connectivity index (χ3n) is 6.36. The largest absolute Gasteiger partial charge is 0.327 e. The normalized spacial score (nSPS) is 12.9. The summed E-state index contributed by atoms with van der Waals surface area (Å²) in [6, 6.07) is 6.91. The summed E-state index contributed by atoms with van der Waals surface area (Å²) in [6.45, 7) is 10.7. The van der Waals surface area contributed by atoms with Crippen LogP contribution in [0.3, 0.4) is 0 Å². The molecule has 0 saturated carbocycles. The predicted octanol–water partition coefficient (Wildman–Crippen LogP) is 9.23. The molecule has 0 aliphatic carbocycles. The van der Waals surface area contributed by atoms with Gasteiger partial charge in [0.25, 0.3) is 5.97 Å². The molecule has 1 rings (SSSR count). The Balaban J connectivity index is 2.75. The molecule has 1 atom stereocenters. The van der Waals surface area contributed by atoms with Gasteiger partial charge in [0.05, 0.1) is 19.8 Å². The summed E-state index contributed by atoms with van der Waals surface area (Å²) < 4.78 is 32.3. The Morgan fingerprint density at radius 2 is 1.09 bits per heavy atom. The number of hydrogen-bond donors (Lipinski definition) is 0. The van der Waals surface area contributed by atoms with Gasteiger partial charge in [0.2, 0.25) is 0 Å². The van der Waals surface area contributed by atoms with Crippen molar-refractivity contribution in [1.29, 1.82) is 0 Å². The Labute approximate surface area is 210 Å². The lowest BCUT2D eigenvalue weighted by molar-refractivity contribution is -0.406. The first-order valence-electron chi connectivity index (χ1n) is 14.3. The molecule has 0 fully saturated rings. The number of unbranched alkanes of at least 4 members (excludes halogenated alkanes) is 7. The van der Waals surface area contributed by atoms with E-state index in [1.807, 2.05) is 12.1 Å². The van der Waals surface area contributed by atoms with Crippen LogP contribution >= 0.6 is 0 Å². The quantitative estimate of drug-likeness (QED) is 0.115. The maximum Gasteiger partial charge on any atom is 0.285 e. The van der Waals surface area contributed by atoms with Crippen molar-refractivity contribution in [3.8, 4) is 0 Å². The minimum atomic E-state index is -0.914. The molecule has 198 valence electrons. The van der Waals surface area contributed by atoms with Gasteiger partial charge in [0, 0.05) is 5.92 Å². The van der Waals surface area contributed by atoms with Crippen LogP contribution in [0, 0.1) is 11.7 Å². The fourth-order valence-corrected chi connectivity index (χ4v) is 4.43. The SMILES string of the molecule is CCCCCCCCC(CCCCCc1ccc(F)cc1)C(OCCC)(OCCC)OCCC. The van der Waals surface area contributed by atoms with Crippen molar-refractivity contribution in [2.75, 3.05) is 19.8 Å². The second kappa shape index (κ2) is 20.2. The van der Waals surface area contributed by atoms with Gasteiger partial charge in [0.1, 0.15) is 5.82 Å². The van der Waals surface area contributed by atoms with E-state index in [9.17, 15) is 4.39 Å². The van der Waals surface area contributed by atoms with Gasteiger partial charge in [-0.2, -0.15) is 0 Å². The van der Waals surface area contributed by atoms with Crippen molar-refractivity contribution in [3.05, 3.63) is 35.6 Å². The van der Waals surface area contributed by atoms with Crippen LogP contribution in [0.1, 0.15) is 123 Å². The van der Waals surface area contributed by atoms with Gasteiger partial charge in [-0.15, -0.1) is 0 Å². The van der Waals surface area contributed by atoms with Gasteiger partial charge < -0.3 is 14.2 Å². The number of benzene rings is 1. The van der Waals surface area contributed by atoms with Crippen LogP contribution in [0.15, 0.2) is 24.3 Å². The zero-order valence-corrected chi connectivity index (χ0v) is 22.7. The van der Waals surface area contributed by atoms with Gasteiger partial charge in [-0.25, -0.2) is 4.39 Å². The molecule has 0 aliphatic heterocycles. The second-order valence-corrected chi connectivity index (χ2v) is 9.63. The summed E-state index contributed by atoms with van der Waals surface area (Å²) >= 11 is 0. The third-order valence-corrected chi connectivity index (χ3v) is 6.36. The van der Waals surface area contributed by atoms with Crippen molar-refractivity contribution in [3.63, 3.8) is 0 Å². The topological polar surface area (TPSA) is 27.7 Å². The molecule has 1 unspecified atom stereocenters. The molecule has 0 N–H and O–H groups in total. The Bertz CT molecular complexity index is 553. The van der Waals surface area contributed by atoms with Crippen LogP contribution in [-0.2, 0) is 20.6 Å². The van der Waals surface area contributed by atoms with Crippen molar-refractivity contribution in [2.45, 2.75) is 130 Å². The lowest BCUT2D eigenvalue weighted by Crippen LogP contribution is -2.47. The highest BCUT2D eigenvalue weighted by atomic mass is 19.1. The molecule has 1 aromatic carbocycles. The summed E-state index contributed by atoms with van der Waals surface area (Å²) in [7, 11) is 0. The summed E-state index contributed by atoms with van der Waals surface area (Å²) in [4.78, 5) is 0. The van der Waals surface area contributed by atoms with Gasteiger partial charge in [-0.3, -0.25) is 0 Å². The first kappa shape index (κ1) is 31.1. The fourth-order valence-electron chi connectivity index (χ4n) is 4.43. The van der Waals surface area contributed by atoms with Crippen molar-refractivity contribution < 1.29 is 18.6 Å². The Morgan fingerprint density at radius 3 is 1.59 bits per heavy atom. The highest BCUT2D eigenvalue weighted by Crippen LogP contribution is 2.35. The molecule has 34 heavy (non-hydrogen) atoms. The van der Waals surface area contributed by atoms with Crippen molar-refractivity contribution in [2.24, 2.45) is 5.92 Å². The molecule has 4 heteroatoms. The number of hydrogen-bond acceptors (Lipinski definition) is 3. The Kier molecular flexibility index (Phi) is 18.5. The van der Waals surface area contributed by atoms with Crippen LogP contribution in [0.4, 0.5) is 4.39 Å². The van der Waals surface area contributed by atoms with Crippen LogP contribution in [0.2, 0.25) is 0 Å². The van der Waals surface area contributed by atoms with Crippen LogP contribution < -0.4 is 0 Å². The molecule has 0 radical (unpaired) electrons. The minimum absolute atomic E-state index is 0.163. The van der Waals surface area contributed by atoms with Crippen molar-refractivity contribution in [1.82, 2.24) is 0 Å². The van der Waals surface area contributed by atoms with E-state index >= 15 is 0 Å². The molecule has 0 amide bonds. The molecular weight excluding hydrogens is 427 g/mol. The van der Waals surface area contributed by atoms with E-state index in [4.69, 9.17) is 14.2 Å². The van der Waals surface area contributed by atoms with Crippen LogP contribution in [0.25, 0.3) is 0 Å². The van der Waals surface area contributed by atoms with E-state index in [2.05, 4.69) is 27.7 Å². The van der Waals surface area contributed by atoms with E-state index in [-0.39, 0.29) is 11.7 Å². The molecule has 0 saturated heterocycles. The van der Waals surface area contributed by atoms with E-state index in [1.54, 1.807) is 12.1 Å². The van der Waals surface area contributed by atoms with E-state index in [0.29, 0.717) is 19.8 Å². The third kappa shape index (κ3) is 13.2. The summed E-state index contributed by atoms with van der Waals surface area (Å²) in [5, 5.41) is 0. The van der Waals surface area contributed by atoms with Gasteiger partial charge in [-0.05, 0) is 62.6 Å². The molecule has 0 heterocycles. The zero-order valence-electron chi connectivity index (χ0n) is 22.7. The molecule has 0 spiro atoms. The molecule has 0 aliphatic rings. The number of aryl methyl sites for hydroxylation is 1. The van der Waals surface area contributed by atoms with Crippen LogP contribution in [-0.4, -0.2) is 25.8 Å². The fraction of sp³-hybridized carbons (Fsp3) is 0.800. The highest BCUT2D eigenvalue weighted by molar-refractivity contribution is 5.15. The standard InChI is InChI=1S/C30H53FO3/c1-5-9-10-11-12-15-18-28(19-16-13-14-17-27-20-22-29(31)23-21-27)30(32-24-6-2,33-25-7-3)34-26-8-4/h20-23,28H,5-19,24-26H2,1-4H3. The molecular formula is C30H53FO3. The zero-order chi connectivity index (χ0) is 24.9. The summed E-state index contributed by atoms with van der Waals surface area (Å²) in [6.07, 6.45) is 17.1. The van der Waals surface area contributed by atoms with Gasteiger partial charge >= 0.3 is 0 Å². The average Bonchev–Trinajstić information content (AvgIpc) is 2.85. The van der Waals surface area contributed by atoms with Gasteiger partial charge in [-0.1, -0.05) is 91.2 Å². The first-order chi connectivity index (χ1) is 16.6. The molecule has 0 aromatic heterocycles. The average molecular weight is 481 g/mol. The summed E-state index contributed by atoms with van der Waals surface area (Å²) in [5.41, 5.74) is 1.21. The number of rotatable bonds is 23. The van der Waals surface area contributed by atoms with Crippen LogP contribution in [0.5, 0.6) is 0 Å². The van der Waals surface area contributed by atoms with E-state index < -0.39 is 5.97 Å². The predicted molar refractivity (Wildman–Crippen MR) is 142 cm³/mol. The van der Waals surface area contributed by atoms with Gasteiger partial charge in [0.15, 0.2) is 0 Å². The van der Waals surface area contributed by atoms with E-state index in [1.165, 1.54) is 44.1 Å². The molecule has 0 bridgehead atoms. The second-order valence-electron chi connectivity index (χ2n) is 9.63. The Morgan fingerprint density at radius 1 is 0.618 bits per heavy atom. The lowest BCUT2D eigenvalue weighted by Gasteiger charge is -2.40. The summed E-state index contributed by atoms with van der Waals surface area (Å²) in [5.74, 6) is -0.833. The first-order valence-corrected chi connectivity index (χ1v) is 14.3. The van der Waals surface area contributed by atoms with E-state index in [0.717, 1.165) is 57.8 Å². The van der Waals surface area contributed by atoms with Crippen molar-refractivity contribution >= 4 is 0 Å². The highest BCUT2D eigenvalue weighted by Gasteiger charge is 2.41. The lowest BCUT2D eigenvalue weighted by atomic mass is 9.91. The Hall–Kier alpha value is -0.970. The smallest absolute Gasteiger partial charge is 0.285 e. The maximum atomic E-state index is 13.1. The molecule has 1 aromatic rings. The molecule has 3 nitrogen and oxygen atoms in total.